The van der Waals surface area contributed by atoms with Crippen LogP contribution >= 0.6 is 38.5 Å². The topological polar surface area (TPSA) is 22.1 Å². The molecule has 0 saturated carbocycles. The molecule has 1 aromatic carbocycles. The molecule has 0 amide bonds. The highest BCUT2D eigenvalue weighted by atomic mass is 127. The second-order valence-corrected chi connectivity index (χ2v) is 5.16. The molecule has 16 heavy (non-hydrogen) atoms. The SMILES string of the molecule is Fc1cc(Br)cnc1Oc1cccc(I)c1. The highest BCUT2D eigenvalue weighted by Crippen LogP contribution is 2.25. The Morgan fingerprint density at radius 2 is 2.12 bits per heavy atom. The molecule has 2 aromatic rings. The van der Waals surface area contributed by atoms with Gasteiger partial charge in [0.15, 0.2) is 5.82 Å². The van der Waals surface area contributed by atoms with E-state index in [1.54, 1.807) is 6.07 Å². The van der Waals surface area contributed by atoms with Crippen molar-refractivity contribution in [3.8, 4) is 11.6 Å². The van der Waals surface area contributed by atoms with E-state index in [0.29, 0.717) is 10.2 Å². The average molecular weight is 394 g/mol. The Balaban J connectivity index is 2.27. The smallest absolute Gasteiger partial charge is 0.255 e. The van der Waals surface area contributed by atoms with Gasteiger partial charge in [0.1, 0.15) is 5.75 Å². The summed E-state index contributed by atoms with van der Waals surface area (Å²) in [6, 6.07) is 8.65. The zero-order valence-electron chi connectivity index (χ0n) is 7.95. The summed E-state index contributed by atoms with van der Waals surface area (Å²) in [5.74, 6) is 0.0547. The van der Waals surface area contributed by atoms with Crippen LogP contribution in [0.1, 0.15) is 0 Å². The maximum absolute atomic E-state index is 13.4. The van der Waals surface area contributed by atoms with Gasteiger partial charge in [0.05, 0.1) is 0 Å². The van der Waals surface area contributed by atoms with Gasteiger partial charge in [0.2, 0.25) is 0 Å². The molecular formula is C11H6BrFINO. The minimum Gasteiger partial charge on any atom is -0.436 e. The minimum absolute atomic E-state index is 0.0230. The molecule has 0 unspecified atom stereocenters. The molecule has 0 saturated heterocycles. The standard InChI is InChI=1S/C11H6BrFINO/c12-7-4-10(13)11(15-6-7)16-9-3-1-2-8(14)5-9/h1-6H. The number of rotatable bonds is 2. The summed E-state index contributed by atoms with van der Waals surface area (Å²) in [7, 11) is 0. The van der Waals surface area contributed by atoms with Crippen molar-refractivity contribution >= 4 is 38.5 Å². The van der Waals surface area contributed by atoms with Gasteiger partial charge in [-0.25, -0.2) is 9.37 Å². The van der Waals surface area contributed by atoms with E-state index in [1.165, 1.54) is 12.3 Å². The summed E-state index contributed by atoms with van der Waals surface area (Å²) in [4.78, 5) is 3.86. The number of hydrogen-bond acceptors (Lipinski definition) is 2. The van der Waals surface area contributed by atoms with Gasteiger partial charge >= 0.3 is 0 Å². The molecule has 0 N–H and O–H groups in total. The first-order valence-electron chi connectivity index (χ1n) is 4.39. The fourth-order valence-corrected chi connectivity index (χ4v) is 1.94. The van der Waals surface area contributed by atoms with Crippen LogP contribution in [0.15, 0.2) is 41.0 Å². The van der Waals surface area contributed by atoms with E-state index in [9.17, 15) is 4.39 Å². The molecule has 2 nitrogen and oxygen atoms in total. The summed E-state index contributed by atoms with van der Waals surface area (Å²) in [5.41, 5.74) is 0. The Morgan fingerprint density at radius 1 is 1.31 bits per heavy atom. The number of ether oxygens (including phenoxy) is 1. The monoisotopic (exact) mass is 393 g/mol. The molecule has 0 aliphatic carbocycles. The number of halogens is 3. The molecule has 1 aromatic heterocycles. The van der Waals surface area contributed by atoms with Crippen molar-refractivity contribution in [2.75, 3.05) is 0 Å². The molecule has 0 fully saturated rings. The summed E-state index contributed by atoms with van der Waals surface area (Å²) in [6.07, 6.45) is 1.49. The van der Waals surface area contributed by atoms with Crippen LogP contribution in [0.2, 0.25) is 0 Å². The van der Waals surface area contributed by atoms with Gasteiger partial charge in [-0.2, -0.15) is 0 Å². The molecule has 0 bridgehead atoms. The fraction of sp³-hybridized carbons (Fsp3) is 0. The van der Waals surface area contributed by atoms with Crippen LogP contribution in [0.3, 0.4) is 0 Å². The highest BCUT2D eigenvalue weighted by molar-refractivity contribution is 14.1. The number of aromatic nitrogens is 1. The molecule has 2 rings (SSSR count). The molecular weight excluding hydrogens is 388 g/mol. The molecule has 0 aliphatic rings. The predicted molar refractivity (Wildman–Crippen MR) is 71.1 cm³/mol. The third-order valence-corrected chi connectivity index (χ3v) is 2.89. The Kier molecular flexibility index (Phi) is 3.75. The first-order valence-corrected chi connectivity index (χ1v) is 6.27. The number of benzene rings is 1. The van der Waals surface area contributed by atoms with Crippen LogP contribution < -0.4 is 4.74 Å². The summed E-state index contributed by atoms with van der Waals surface area (Å²) in [6.45, 7) is 0. The van der Waals surface area contributed by atoms with E-state index < -0.39 is 5.82 Å². The minimum atomic E-state index is -0.492. The van der Waals surface area contributed by atoms with Gasteiger partial charge in [0.25, 0.3) is 5.88 Å². The second kappa shape index (κ2) is 5.09. The third-order valence-electron chi connectivity index (χ3n) is 1.78. The molecule has 0 spiro atoms. The molecule has 0 atom stereocenters. The fourth-order valence-electron chi connectivity index (χ4n) is 1.12. The van der Waals surface area contributed by atoms with Gasteiger partial charge in [-0.15, -0.1) is 0 Å². The Labute approximate surface area is 114 Å². The van der Waals surface area contributed by atoms with Crippen LogP contribution in [0, 0.1) is 9.39 Å². The van der Waals surface area contributed by atoms with Gasteiger partial charge in [-0.05, 0) is 62.8 Å². The highest BCUT2D eigenvalue weighted by Gasteiger charge is 2.07. The maximum atomic E-state index is 13.4. The lowest BCUT2D eigenvalue weighted by molar-refractivity contribution is 0.422. The first kappa shape index (κ1) is 11.8. The predicted octanol–water partition coefficient (Wildman–Crippen LogP) is 4.38. The molecule has 1 heterocycles. The molecule has 0 aliphatic heterocycles. The zero-order chi connectivity index (χ0) is 11.5. The summed E-state index contributed by atoms with van der Waals surface area (Å²) >= 11 is 5.29. The maximum Gasteiger partial charge on any atom is 0.255 e. The first-order chi connectivity index (χ1) is 7.65. The van der Waals surface area contributed by atoms with Gasteiger partial charge in [0, 0.05) is 14.2 Å². The second-order valence-electron chi connectivity index (χ2n) is 3.00. The largest absolute Gasteiger partial charge is 0.436 e. The number of nitrogens with zero attached hydrogens (tertiary/aromatic N) is 1. The molecule has 5 heteroatoms. The number of pyridine rings is 1. The van der Waals surface area contributed by atoms with Gasteiger partial charge in [-0.3, -0.25) is 0 Å². The van der Waals surface area contributed by atoms with E-state index in [4.69, 9.17) is 4.74 Å². The quantitative estimate of drug-likeness (QED) is 0.706. The molecule has 0 radical (unpaired) electrons. The number of hydrogen-bond donors (Lipinski definition) is 0. The van der Waals surface area contributed by atoms with Gasteiger partial charge < -0.3 is 4.74 Å². The van der Waals surface area contributed by atoms with Crippen LogP contribution in [-0.2, 0) is 0 Å². The van der Waals surface area contributed by atoms with Gasteiger partial charge in [-0.1, -0.05) is 6.07 Å². The average Bonchev–Trinajstić information content (AvgIpc) is 2.22. The summed E-state index contributed by atoms with van der Waals surface area (Å²) in [5, 5.41) is 0. The lowest BCUT2D eigenvalue weighted by Crippen LogP contribution is -1.92. The van der Waals surface area contributed by atoms with Crippen LogP contribution in [0.5, 0.6) is 11.6 Å². The van der Waals surface area contributed by atoms with Crippen molar-refractivity contribution < 1.29 is 9.13 Å². The lowest BCUT2D eigenvalue weighted by Gasteiger charge is -2.05. The van der Waals surface area contributed by atoms with Crippen LogP contribution in [0.4, 0.5) is 4.39 Å². The summed E-state index contributed by atoms with van der Waals surface area (Å²) < 4.78 is 20.4. The Bertz CT molecular complexity index is 521. The van der Waals surface area contributed by atoms with E-state index >= 15 is 0 Å². The van der Waals surface area contributed by atoms with Crippen molar-refractivity contribution in [1.29, 1.82) is 0 Å². The van der Waals surface area contributed by atoms with E-state index in [1.807, 2.05) is 18.2 Å². The van der Waals surface area contributed by atoms with E-state index in [0.717, 1.165) is 3.57 Å². The van der Waals surface area contributed by atoms with Crippen molar-refractivity contribution in [3.63, 3.8) is 0 Å². The Morgan fingerprint density at radius 3 is 2.81 bits per heavy atom. The normalized spacial score (nSPS) is 10.2. The van der Waals surface area contributed by atoms with Crippen LogP contribution in [0.25, 0.3) is 0 Å². The van der Waals surface area contributed by atoms with Crippen molar-refractivity contribution in [2.24, 2.45) is 0 Å². The third kappa shape index (κ3) is 2.91. The van der Waals surface area contributed by atoms with E-state index in [-0.39, 0.29) is 5.88 Å². The molecule has 82 valence electrons. The van der Waals surface area contributed by atoms with E-state index in [2.05, 4.69) is 43.5 Å². The zero-order valence-corrected chi connectivity index (χ0v) is 11.7. The lowest BCUT2D eigenvalue weighted by atomic mass is 10.3. The van der Waals surface area contributed by atoms with Crippen molar-refractivity contribution in [1.82, 2.24) is 4.98 Å². The Hall–Kier alpha value is -0.690. The van der Waals surface area contributed by atoms with Crippen LogP contribution in [-0.4, -0.2) is 4.98 Å². The van der Waals surface area contributed by atoms with Crippen molar-refractivity contribution in [3.05, 3.63) is 50.4 Å². The van der Waals surface area contributed by atoms with Crippen molar-refractivity contribution in [2.45, 2.75) is 0 Å².